The van der Waals surface area contributed by atoms with Crippen LogP contribution >= 0.6 is 0 Å². The molecular formula is C15H25N5. The van der Waals surface area contributed by atoms with Gasteiger partial charge in [0.25, 0.3) is 0 Å². The normalized spacial score (nSPS) is 12.8. The lowest BCUT2D eigenvalue weighted by atomic mass is 10.1. The van der Waals surface area contributed by atoms with Crippen LogP contribution in [0.1, 0.15) is 44.0 Å². The van der Waals surface area contributed by atoms with Gasteiger partial charge in [0.05, 0.1) is 11.7 Å². The Morgan fingerprint density at radius 1 is 1.30 bits per heavy atom. The second-order valence-electron chi connectivity index (χ2n) is 5.01. The predicted molar refractivity (Wildman–Crippen MR) is 80.6 cm³/mol. The Morgan fingerprint density at radius 2 is 2.10 bits per heavy atom. The zero-order valence-corrected chi connectivity index (χ0v) is 12.9. The van der Waals surface area contributed by atoms with E-state index in [0.717, 1.165) is 37.4 Å². The van der Waals surface area contributed by atoms with Crippen LogP contribution in [-0.4, -0.2) is 25.9 Å². The van der Waals surface area contributed by atoms with Crippen molar-refractivity contribution >= 4 is 0 Å². The molecule has 2 heterocycles. The molecule has 0 aliphatic rings. The average molecular weight is 275 g/mol. The Labute approximate surface area is 121 Å². The van der Waals surface area contributed by atoms with Crippen LogP contribution in [0.3, 0.4) is 0 Å². The maximum Gasteiger partial charge on any atom is 0.125 e. The zero-order valence-electron chi connectivity index (χ0n) is 12.9. The van der Waals surface area contributed by atoms with Crippen LogP contribution in [0.2, 0.25) is 0 Å². The highest BCUT2D eigenvalue weighted by atomic mass is 15.3. The molecule has 0 spiro atoms. The summed E-state index contributed by atoms with van der Waals surface area (Å²) in [6, 6.07) is 2.45. The zero-order chi connectivity index (χ0) is 14.5. The number of hydrogen-bond acceptors (Lipinski definition) is 3. The minimum absolute atomic E-state index is 0.228. The first-order valence-electron chi connectivity index (χ1n) is 7.45. The number of nitrogens with one attached hydrogen (secondary N) is 1. The standard InChI is InChI=1S/C15H25N5/c1-5-12-10-13(20(7-3)18-12)11-14(16-6-2)15-17-8-9-19(15)4/h8-10,14,16H,5-7,11H2,1-4H3. The number of aryl methyl sites for hydroxylation is 3. The molecule has 5 nitrogen and oxygen atoms in total. The maximum atomic E-state index is 4.63. The summed E-state index contributed by atoms with van der Waals surface area (Å²) in [5.41, 5.74) is 2.44. The third-order valence-corrected chi connectivity index (χ3v) is 3.61. The Balaban J connectivity index is 2.24. The van der Waals surface area contributed by atoms with Crippen molar-refractivity contribution in [1.29, 1.82) is 0 Å². The van der Waals surface area contributed by atoms with Crippen LogP contribution in [0.25, 0.3) is 0 Å². The molecule has 1 atom stereocenters. The smallest absolute Gasteiger partial charge is 0.125 e. The fourth-order valence-electron chi connectivity index (χ4n) is 2.55. The molecule has 5 heteroatoms. The molecule has 0 aromatic carbocycles. The van der Waals surface area contributed by atoms with E-state index in [0.29, 0.717) is 0 Å². The van der Waals surface area contributed by atoms with Gasteiger partial charge in [0.15, 0.2) is 0 Å². The van der Waals surface area contributed by atoms with E-state index in [1.165, 1.54) is 5.69 Å². The van der Waals surface area contributed by atoms with Crippen LogP contribution in [0, 0.1) is 0 Å². The third-order valence-electron chi connectivity index (χ3n) is 3.61. The summed E-state index contributed by atoms with van der Waals surface area (Å²) in [4.78, 5) is 4.48. The van der Waals surface area contributed by atoms with E-state index in [9.17, 15) is 0 Å². The van der Waals surface area contributed by atoms with Gasteiger partial charge >= 0.3 is 0 Å². The predicted octanol–water partition coefficient (Wildman–Crippen LogP) is 2.09. The Hall–Kier alpha value is -1.62. The fourth-order valence-corrected chi connectivity index (χ4v) is 2.55. The first kappa shape index (κ1) is 14.8. The van der Waals surface area contributed by atoms with Crippen LogP contribution in [0.4, 0.5) is 0 Å². The summed E-state index contributed by atoms with van der Waals surface area (Å²) in [7, 11) is 2.04. The van der Waals surface area contributed by atoms with Crippen molar-refractivity contribution in [1.82, 2.24) is 24.6 Å². The number of likely N-dealkylation sites (N-methyl/N-ethyl adjacent to an activating group) is 1. The Morgan fingerprint density at radius 3 is 2.65 bits per heavy atom. The Kier molecular flexibility index (Phi) is 4.95. The van der Waals surface area contributed by atoms with E-state index in [-0.39, 0.29) is 6.04 Å². The van der Waals surface area contributed by atoms with Gasteiger partial charge in [-0.25, -0.2) is 4.98 Å². The van der Waals surface area contributed by atoms with E-state index < -0.39 is 0 Å². The second kappa shape index (κ2) is 6.70. The summed E-state index contributed by atoms with van der Waals surface area (Å²) < 4.78 is 4.19. The molecule has 2 rings (SSSR count). The van der Waals surface area contributed by atoms with Crippen molar-refractivity contribution in [3.05, 3.63) is 35.7 Å². The highest BCUT2D eigenvalue weighted by molar-refractivity contribution is 5.14. The first-order valence-corrected chi connectivity index (χ1v) is 7.45. The average Bonchev–Trinajstić information content (AvgIpc) is 3.04. The van der Waals surface area contributed by atoms with Gasteiger partial charge in [0.1, 0.15) is 5.82 Å². The van der Waals surface area contributed by atoms with Crippen molar-refractivity contribution in [3.8, 4) is 0 Å². The van der Waals surface area contributed by atoms with Crippen molar-refractivity contribution < 1.29 is 0 Å². The molecular weight excluding hydrogens is 250 g/mol. The van der Waals surface area contributed by atoms with Gasteiger partial charge in [0.2, 0.25) is 0 Å². The first-order chi connectivity index (χ1) is 9.69. The molecule has 0 radical (unpaired) electrons. The van der Waals surface area contributed by atoms with Gasteiger partial charge in [-0.3, -0.25) is 4.68 Å². The number of hydrogen-bond donors (Lipinski definition) is 1. The van der Waals surface area contributed by atoms with Gasteiger partial charge in [-0.05, 0) is 26.0 Å². The van der Waals surface area contributed by atoms with Gasteiger partial charge < -0.3 is 9.88 Å². The molecule has 0 bridgehead atoms. The molecule has 2 aromatic rings. The summed E-state index contributed by atoms with van der Waals surface area (Å²) in [5, 5.41) is 8.15. The lowest BCUT2D eigenvalue weighted by Gasteiger charge is -2.18. The summed E-state index contributed by atoms with van der Waals surface area (Å²) in [6.07, 6.45) is 5.75. The van der Waals surface area contributed by atoms with E-state index in [1.54, 1.807) is 0 Å². The Bertz CT molecular complexity index is 540. The second-order valence-corrected chi connectivity index (χ2v) is 5.01. The summed E-state index contributed by atoms with van der Waals surface area (Å²) >= 11 is 0. The SMILES string of the molecule is CCNC(Cc1cc(CC)nn1CC)c1nccn1C. The molecule has 0 amide bonds. The molecule has 0 saturated heterocycles. The molecule has 0 fully saturated rings. The quantitative estimate of drug-likeness (QED) is 0.841. The fraction of sp³-hybridized carbons (Fsp3) is 0.600. The van der Waals surface area contributed by atoms with Crippen LogP contribution in [0.5, 0.6) is 0 Å². The van der Waals surface area contributed by atoms with Crippen LogP contribution < -0.4 is 5.32 Å². The topological polar surface area (TPSA) is 47.7 Å². The molecule has 0 aliphatic carbocycles. The van der Waals surface area contributed by atoms with Gasteiger partial charge in [-0.15, -0.1) is 0 Å². The van der Waals surface area contributed by atoms with Gasteiger partial charge in [-0.1, -0.05) is 13.8 Å². The van der Waals surface area contributed by atoms with Crippen molar-refractivity contribution in [2.75, 3.05) is 6.54 Å². The number of imidazole rings is 1. The molecule has 0 saturated carbocycles. The third kappa shape index (κ3) is 3.10. The van der Waals surface area contributed by atoms with Gasteiger partial charge in [-0.2, -0.15) is 5.10 Å². The minimum Gasteiger partial charge on any atom is -0.337 e. The lowest BCUT2D eigenvalue weighted by Crippen LogP contribution is -2.26. The lowest BCUT2D eigenvalue weighted by molar-refractivity contribution is 0.484. The molecule has 1 N–H and O–H groups in total. The molecule has 1 unspecified atom stereocenters. The highest BCUT2D eigenvalue weighted by Crippen LogP contribution is 2.18. The molecule has 2 aromatic heterocycles. The highest BCUT2D eigenvalue weighted by Gasteiger charge is 2.18. The summed E-state index contributed by atoms with van der Waals surface area (Å²) in [5.74, 6) is 1.08. The van der Waals surface area contributed by atoms with Crippen molar-refractivity contribution in [2.45, 2.75) is 46.2 Å². The maximum absolute atomic E-state index is 4.63. The van der Waals surface area contributed by atoms with Crippen LogP contribution in [0.15, 0.2) is 18.5 Å². The minimum atomic E-state index is 0.228. The van der Waals surface area contributed by atoms with Gasteiger partial charge in [0, 0.05) is 38.1 Å². The molecule has 0 aliphatic heterocycles. The molecule has 110 valence electrons. The number of nitrogens with zero attached hydrogens (tertiary/aromatic N) is 4. The molecule has 20 heavy (non-hydrogen) atoms. The number of rotatable bonds is 7. The summed E-state index contributed by atoms with van der Waals surface area (Å²) in [6.45, 7) is 8.25. The van der Waals surface area contributed by atoms with E-state index in [2.05, 4.69) is 51.5 Å². The number of aromatic nitrogens is 4. The van der Waals surface area contributed by atoms with E-state index >= 15 is 0 Å². The largest absolute Gasteiger partial charge is 0.337 e. The van der Waals surface area contributed by atoms with E-state index in [1.807, 2.05) is 19.4 Å². The van der Waals surface area contributed by atoms with Crippen molar-refractivity contribution in [2.24, 2.45) is 7.05 Å². The van der Waals surface area contributed by atoms with E-state index in [4.69, 9.17) is 0 Å². The monoisotopic (exact) mass is 275 g/mol. The van der Waals surface area contributed by atoms with Crippen LogP contribution in [-0.2, 0) is 26.4 Å². The van der Waals surface area contributed by atoms with Crippen molar-refractivity contribution in [3.63, 3.8) is 0 Å².